The van der Waals surface area contributed by atoms with Crippen LogP contribution in [0.1, 0.15) is 33.6 Å². The summed E-state index contributed by atoms with van der Waals surface area (Å²) < 4.78 is 11.3. The molecule has 2 bridgehead atoms. The fourth-order valence-corrected chi connectivity index (χ4v) is 3.44. The summed E-state index contributed by atoms with van der Waals surface area (Å²) in [5, 5.41) is 0. The smallest absolute Gasteiger partial charge is 0.410 e. The molecule has 0 spiro atoms. The Bertz CT molecular complexity index is 318. The summed E-state index contributed by atoms with van der Waals surface area (Å²) >= 11 is 0. The number of hydrogen-bond donors (Lipinski definition) is 0. The normalized spacial score (nSPS) is 39.6. The van der Waals surface area contributed by atoms with Gasteiger partial charge in [0.05, 0.1) is 12.2 Å². The third-order valence-corrected chi connectivity index (χ3v) is 4.10. The third-order valence-electron chi connectivity index (χ3n) is 4.10. The van der Waals surface area contributed by atoms with Crippen molar-refractivity contribution in [3.8, 4) is 0 Å². The molecule has 3 saturated heterocycles. The minimum atomic E-state index is -0.399. The van der Waals surface area contributed by atoms with Crippen LogP contribution in [0.5, 0.6) is 0 Å². The number of carbonyl (C=O) groups excluding carboxylic acids is 1. The molecule has 0 aromatic carbocycles. The van der Waals surface area contributed by atoms with Crippen LogP contribution in [0, 0.1) is 11.8 Å². The maximum Gasteiger partial charge on any atom is 0.410 e. The van der Waals surface area contributed by atoms with Gasteiger partial charge in [-0.15, -0.1) is 0 Å². The standard InChI is InChI=1S/C13H21NO3/c1-13(2,3)17-12(15)14-6-8-9(7-14)11-5-4-10(8)16-11/h8-11H,4-7H2,1-3H3/t8-,9-,10-,11-/m1/s1. The topological polar surface area (TPSA) is 38.8 Å². The lowest BCUT2D eigenvalue weighted by Gasteiger charge is -2.25. The zero-order chi connectivity index (χ0) is 12.2. The molecule has 0 N–H and O–H groups in total. The van der Waals surface area contributed by atoms with Crippen molar-refractivity contribution < 1.29 is 14.3 Å². The van der Waals surface area contributed by atoms with Gasteiger partial charge in [-0.1, -0.05) is 0 Å². The number of carbonyl (C=O) groups is 1. The molecule has 0 aromatic heterocycles. The zero-order valence-corrected chi connectivity index (χ0v) is 10.8. The molecule has 0 saturated carbocycles. The van der Waals surface area contributed by atoms with Gasteiger partial charge >= 0.3 is 6.09 Å². The first kappa shape index (κ1) is 11.3. The van der Waals surface area contributed by atoms with Crippen molar-refractivity contribution in [1.82, 2.24) is 4.90 Å². The second-order valence-electron chi connectivity index (χ2n) is 6.50. The SMILES string of the molecule is CC(C)(C)OC(=O)N1C[C@@H]2[C@@H](C1)[C@H]1CC[C@H]2O1. The number of amides is 1. The van der Waals surface area contributed by atoms with E-state index in [4.69, 9.17) is 9.47 Å². The van der Waals surface area contributed by atoms with E-state index < -0.39 is 5.60 Å². The van der Waals surface area contributed by atoms with Crippen LogP contribution in [0.15, 0.2) is 0 Å². The first-order chi connectivity index (χ1) is 7.94. The Labute approximate surface area is 102 Å². The molecular formula is C13H21NO3. The second-order valence-corrected chi connectivity index (χ2v) is 6.50. The van der Waals surface area contributed by atoms with Gasteiger partial charge in [-0.3, -0.25) is 0 Å². The van der Waals surface area contributed by atoms with E-state index in [9.17, 15) is 4.79 Å². The van der Waals surface area contributed by atoms with Crippen molar-refractivity contribution in [1.29, 1.82) is 0 Å². The van der Waals surface area contributed by atoms with E-state index in [0.29, 0.717) is 24.0 Å². The van der Waals surface area contributed by atoms with Gasteiger partial charge in [0.2, 0.25) is 0 Å². The summed E-state index contributed by atoms with van der Waals surface area (Å²) in [5.74, 6) is 1.11. The van der Waals surface area contributed by atoms with Crippen molar-refractivity contribution in [2.24, 2.45) is 11.8 Å². The summed E-state index contributed by atoms with van der Waals surface area (Å²) in [5.41, 5.74) is -0.399. The second kappa shape index (κ2) is 3.61. The average Bonchev–Trinajstić information content (AvgIpc) is 2.87. The molecule has 3 heterocycles. The highest BCUT2D eigenvalue weighted by Gasteiger charge is 2.54. The molecule has 1 amide bonds. The lowest BCUT2D eigenvalue weighted by molar-refractivity contribution is 0.0206. The maximum absolute atomic E-state index is 12.0. The molecular weight excluding hydrogens is 218 g/mol. The van der Waals surface area contributed by atoms with Gasteiger partial charge in [-0.05, 0) is 33.6 Å². The number of hydrogen-bond acceptors (Lipinski definition) is 3. The van der Waals surface area contributed by atoms with E-state index >= 15 is 0 Å². The predicted molar refractivity (Wildman–Crippen MR) is 62.7 cm³/mol. The van der Waals surface area contributed by atoms with Gasteiger partial charge in [-0.25, -0.2) is 4.79 Å². The lowest BCUT2D eigenvalue weighted by Crippen LogP contribution is -2.36. The summed E-state index contributed by atoms with van der Waals surface area (Å²) in [7, 11) is 0. The molecule has 96 valence electrons. The molecule has 0 aliphatic carbocycles. The van der Waals surface area contributed by atoms with Crippen molar-refractivity contribution in [2.75, 3.05) is 13.1 Å². The fourth-order valence-electron chi connectivity index (χ4n) is 3.44. The predicted octanol–water partition coefficient (Wildman–Crippen LogP) is 2.03. The van der Waals surface area contributed by atoms with Gasteiger partial charge in [0.15, 0.2) is 0 Å². The van der Waals surface area contributed by atoms with Crippen LogP contribution >= 0.6 is 0 Å². The number of ether oxygens (including phenoxy) is 2. The van der Waals surface area contributed by atoms with Crippen LogP contribution in [-0.2, 0) is 9.47 Å². The van der Waals surface area contributed by atoms with Gasteiger partial charge < -0.3 is 14.4 Å². The zero-order valence-electron chi connectivity index (χ0n) is 10.8. The van der Waals surface area contributed by atoms with Crippen LogP contribution in [0.25, 0.3) is 0 Å². The van der Waals surface area contributed by atoms with E-state index in [2.05, 4.69) is 0 Å². The highest BCUT2D eigenvalue weighted by molar-refractivity contribution is 5.68. The number of nitrogens with zero attached hydrogens (tertiary/aromatic N) is 1. The molecule has 3 aliphatic rings. The minimum absolute atomic E-state index is 0.161. The first-order valence-electron chi connectivity index (χ1n) is 6.57. The Morgan fingerprint density at radius 2 is 1.71 bits per heavy atom. The van der Waals surface area contributed by atoms with Gasteiger partial charge in [0.1, 0.15) is 5.60 Å². The Hall–Kier alpha value is -0.770. The van der Waals surface area contributed by atoms with Crippen molar-refractivity contribution in [3.63, 3.8) is 0 Å². The number of likely N-dealkylation sites (tertiary alicyclic amines) is 1. The summed E-state index contributed by atoms with van der Waals surface area (Å²) in [6.07, 6.45) is 2.99. The molecule has 4 atom stereocenters. The van der Waals surface area contributed by atoms with E-state index in [1.165, 1.54) is 12.8 Å². The van der Waals surface area contributed by atoms with Crippen LogP contribution in [0.2, 0.25) is 0 Å². The van der Waals surface area contributed by atoms with Crippen LogP contribution < -0.4 is 0 Å². The van der Waals surface area contributed by atoms with Crippen molar-refractivity contribution in [3.05, 3.63) is 0 Å². The highest BCUT2D eigenvalue weighted by Crippen LogP contribution is 2.47. The fraction of sp³-hybridized carbons (Fsp3) is 0.923. The number of rotatable bonds is 0. The van der Waals surface area contributed by atoms with Crippen molar-refractivity contribution in [2.45, 2.75) is 51.4 Å². The molecule has 3 rings (SSSR count). The van der Waals surface area contributed by atoms with E-state index in [-0.39, 0.29) is 6.09 Å². The molecule has 4 nitrogen and oxygen atoms in total. The molecule has 0 aromatic rings. The van der Waals surface area contributed by atoms with Crippen LogP contribution in [0.4, 0.5) is 4.79 Å². The Kier molecular flexibility index (Phi) is 2.41. The van der Waals surface area contributed by atoms with E-state index in [1.54, 1.807) is 0 Å². The lowest BCUT2D eigenvalue weighted by atomic mass is 9.82. The summed E-state index contributed by atoms with van der Waals surface area (Å²) in [6, 6.07) is 0. The van der Waals surface area contributed by atoms with E-state index in [0.717, 1.165) is 13.1 Å². The summed E-state index contributed by atoms with van der Waals surface area (Å²) in [4.78, 5) is 13.9. The van der Waals surface area contributed by atoms with Gasteiger partial charge in [0, 0.05) is 24.9 Å². The van der Waals surface area contributed by atoms with Crippen molar-refractivity contribution >= 4 is 6.09 Å². The molecule has 0 unspecified atom stereocenters. The Morgan fingerprint density at radius 3 is 2.18 bits per heavy atom. The molecule has 3 aliphatic heterocycles. The average molecular weight is 239 g/mol. The highest BCUT2D eigenvalue weighted by atomic mass is 16.6. The first-order valence-corrected chi connectivity index (χ1v) is 6.57. The summed E-state index contributed by atoms with van der Waals surface area (Å²) in [6.45, 7) is 7.37. The molecule has 4 heteroatoms. The minimum Gasteiger partial charge on any atom is -0.444 e. The largest absolute Gasteiger partial charge is 0.444 e. The monoisotopic (exact) mass is 239 g/mol. The Balaban J connectivity index is 1.63. The van der Waals surface area contributed by atoms with Gasteiger partial charge in [0.25, 0.3) is 0 Å². The molecule has 17 heavy (non-hydrogen) atoms. The number of fused-ring (bicyclic) bond motifs is 5. The van der Waals surface area contributed by atoms with Crippen LogP contribution in [0.3, 0.4) is 0 Å². The molecule has 3 fully saturated rings. The van der Waals surface area contributed by atoms with Gasteiger partial charge in [-0.2, -0.15) is 0 Å². The quantitative estimate of drug-likeness (QED) is 0.649. The third kappa shape index (κ3) is 1.92. The van der Waals surface area contributed by atoms with Crippen LogP contribution in [-0.4, -0.2) is 41.9 Å². The Morgan fingerprint density at radius 1 is 1.18 bits per heavy atom. The van der Waals surface area contributed by atoms with E-state index in [1.807, 2.05) is 25.7 Å². The maximum atomic E-state index is 12.0. The molecule has 0 radical (unpaired) electrons.